The van der Waals surface area contributed by atoms with Gasteiger partial charge in [-0.1, -0.05) is 44.9 Å². The van der Waals surface area contributed by atoms with Gasteiger partial charge in [-0.15, -0.1) is 0 Å². The fraction of sp³-hybridized carbons (Fsp3) is 0.529. The average Bonchev–Trinajstić information content (AvgIpc) is 2.73. The number of carbonyl (C=O) groups is 2. The molecule has 0 saturated heterocycles. The van der Waals surface area contributed by atoms with Crippen molar-refractivity contribution < 1.29 is 19.1 Å². The summed E-state index contributed by atoms with van der Waals surface area (Å²) in [5.74, 6) is -0.917. The van der Waals surface area contributed by atoms with Crippen molar-refractivity contribution in [3.8, 4) is 0 Å². The molecular weight excluding hydrogens is 268 g/mol. The molecule has 4 nitrogen and oxygen atoms in total. The highest BCUT2D eigenvalue weighted by Gasteiger charge is 2.23. The molecule has 0 atom stereocenters. The first-order valence-electron chi connectivity index (χ1n) is 7.62. The maximum atomic E-state index is 12.1. The average molecular weight is 292 g/mol. The second kappa shape index (κ2) is 9.97. The predicted octanol–water partition coefficient (Wildman–Crippen LogP) is 3.49. The largest absolute Gasteiger partial charge is 0.462 e. The van der Waals surface area contributed by atoms with E-state index in [-0.39, 0.29) is 5.57 Å². The maximum Gasteiger partial charge on any atom is 0.338 e. The molecule has 0 unspecified atom stereocenters. The summed E-state index contributed by atoms with van der Waals surface area (Å²) in [5.41, 5.74) is 0.582. The quantitative estimate of drug-likeness (QED) is 0.507. The highest BCUT2D eigenvalue weighted by Crippen LogP contribution is 2.18. The SMILES string of the molecule is CCCCOC(=O)C1=CC=CCC=C1C(=O)OCCCC. The zero-order chi connectivity index (χ0) is 15.5. The minimum absolute atomic E-state index is 0.279. The number of carbonyl (C=O) groups excluding carboxylic acids is 2. The van der Waals surface area contributed by atoms with E-state index in [1.807, 2.05) is 19.9 Å². The standard InChI is InChI=1S/C17H24O4/c1-3-5-12-20-16(18)14-10-8-7-9-11-15(14)17(19)21-13-6-4-2/h7-8,10-11H,3-6,9,12-13H2,1-2H3. The maximum absolute atomic E-state index is 12.1. The molecule has 0 aromatic carbocycles. The normalized spacial score (nSPS) is 14.0. The Labute approximate surface area is 126 Å². The Balaban J connectivity index is 2.72. The number of rotatable bonds is 8. The molecule has 0 aliphatic heterocycles. The highest BCUT2D eigenvalue weighted by atomic mass is 16.5. The lowest BCUT2D eigenvalue weighted by molar-refractivity contribution is -0.142. The molecule has 0 saturated carbocycles. The zero-order valence-electron chi connectivity index (χ0n) is 12.9. The minimum Gasteiger partial charge on any atom is -0.462 e. The Hall–Kier alpha value is -1.84. The number of hydrogen-bond donors (Lipinski definition) is 0. The van der Waals surface area contributed by atoms with E-state index in [1.54, 1.807) is 18.2 Å². The fourth-order valence-corrected chi connectivity index (χ4v) is 1.77. The third-order valence-electron chi connectivity index (χ3n) is 3.05. The third kappa shape index (κ3) is 5.98. The predicted molar refractivity (Wildman–Crippen MR) is 81.7 cm³/mol. The first-order valence-corrected chi connectivity index (χ1v) is 7.62. The van der Waals surface area contributed by atoms with Crippen LogP contribution in [0.3, 0.4) is 0 Å². The van der Waals surface area contributed by atoms with E-state index < -0.39 is 11.9 Å². The summed E-state index contributed by atoms with van der Waals surface area (Å²) in [4.78, 5) is 24.2. The molecule has 0 heterocycles. The molecule has 0 spiro atoms. The van der Waals surface area contributed by atoms with Gasteiger partial charge >= 0.3 is 11.9 Å². The summed E-state index contributed by atoms with van der Waals surface area (Å²) < 4.78 is 10.4. The van der Waals surface area contributed by atoms with Gasteiger partial charge < -0.3 is 9.47 Å². The van der Waals surface area contributed by atoms with Gasteiger partial charge in [-0.25, -0.2) is 9.59 Å². The molecule has 0 N–H and O–H groups in total. The van der Waals surface area contributed by atoms with Gasteiger partial charge in [0, 0.05) is 0 Å². The monoisotopic (exact) mass is 292 g/mol. The number of esters is 2. The molecule has 1 aliphatic carbocycles. The molecule has 0 bridgehead atoms. The first kappa shape index (κ1) is 17.2. The number of ether oxygens (including phenoxy) is 2. The topological polar surface area (TPSA) is 52.6 Å². The fourth-order valence-electron chi connectivity index (χ4n) is 1.77. The lowest BCUT2D eigenvalue weighted by Crippen LogP contribution is -2.17. The molecule has 0 amide bonds. The van der Waals surface area contributed by atoms with Crippen LogP contribution < -0.4 is 0 Å². The molecule has 1 aliphatic rings. The molecule has 0 aromatic rings. The zero-order valence-corrected chi connectivity index (χ0v) is 12.9. The van der Waals surface area contributed by atoms with E-state index >= 15 is 0 Å². The van der Waals surface area contributed by atoms with Gasteiger partial charge in [0.15, 0.2) is 0 Å². The Morgan fingerprint density at radius 2 is 1.57 bits per heavy atom. The molecular formula is C17H24O4. The van der Waals surface area contributed by atoms with E-state index in [2.05, 4.69) is 0 Å². The Morgan fingerprint density at radius 3 is 2.14 bits per heavy atom. The van der Waals surface area contributed by atoms with Gasteiger partial charge in [0.1, 0.15) is 0 Å². The molecule has 1 rings (SSSR count). The lowest BCUT2D eigenvalue weighted by Gasteiger charge is -2.11. The summed E-state index contributed by atoms with van der Waals surface area (Å²) in [6, 6.07) is 0. The molecule has 21 heavy (non-hydrogen) atoms. The Kier molecular flexibility index (Phi) is 8.17. The minimum atomic E-state index is -0.464. The molecule has 116 valence electrons. The van der Waals surface area contributed by atoms with Gasteiger partial charge in [-0.05, 0) is 25.3 Å². The van der Waals surface area contributed by atoms with Crippen LogP contribution in [0, 0.1) is 0 Å². The smallest absolute Gasteiger partial charge is 0.338 e. The lowest BCUT2D eigenvalue weighted by atomic mass is 10.1. The second-order valence-corrected chi connectivity index (χ2v) is 4.84. The van der Waals surface area contributed by atoms with Gasteiger partial charge in [0.2, 0.25) is 0 Å². The highest BCUT2D eigenvalue weighted by molar-refractivity contribution is 6.07. The molecule has 0 aromatic heterocycles. The van der Waals surface area contributed by atoms with Crippen LogP contribution in [0.2, 0.25) is 0 Å². The van der Waals surface area contributed by atoms with Crippen LogP contribution >= 0.6 is 0 Å². The van der Waals surface area contributed by atoms with Crippen molar-refractivity contribution in [1.82, 2.24) is 0 Å². The number of hydrogen-bond acceptors (Lipinski definition) is 4. The van der Waals surface area contributed by atoms with E-state index in [9.17, 15) is 9.59 Å². The van der Waals surface area contributed by atoms with E-state index in [1.165, 1.54) is 0 Å². The van der Waals surface area contributed by atoms with Gasteiger partial charge in [0.05, 0.1) is 24.4 Å². The summed E-state index contributed by atoms with van der Waals surface area (Å²) in [7, 11) is 0. The van der Waals surface area contributed by atoms with E-state index in [4.69, 9.17) is 9.47 Å². The number of allylic oxidation sites excluding steroid dienone is 4. The Morgan fingerprint density at radius 1 is 1.00 bits per heavy atom. The first-order chi connectivity index (χ1) is 10.2. The second-order valence-electron chi connectivity index (χ2n) is 4.84. The van der Waals surface area contributed by atoms with Crippen LogP contribution in [0.1, 0.15) is 46.0 Å². The van der Waals surface area contributed by atoms with Crippen molar-refractivity contribution in [1.29, 1.82) is 0 Å². The summed E-state index contributed by atoms with van der Waals surface area (Å²) in [5, 5.41) is 0. The number of unbranched alkanes of at least 4 members (excludes halogenated alkanes) is 2. The molecule has 0 fully saturated rings. The third-order valence-corrected chi connectivity index (χ3v) is 3.05. The van der Waals surface area contributed by atoms with Crippen molar-refractivity contribution in [3.05, 3.63) is 35.5 Å². The van der Waals surface area contributed by atoms with Gasteiger partial charge in [-0.2, -0.15) is 0 Å². The van der Waals surface area contributed by atoms with Crippen LogP contribution in [0.15, 0.2) is 35.5 Å². The Bertz CT molecular complexity index is 444. The molecule has 4 heteroatoms. The molecule has 0 radical (unpaired) electrons. The van der Waals surface area contributed by atoms with Crippen molar-refractivity contribution >= 4 is 11.9 Å². The van der Waals surface area contributed by atoms with Crippen LogP contribution in [-0.2, 0) is 19.1 Å². The van der Waals surface area contributed by atoms with E-state index in [0.717, 1.165) is 25.7 Å². The van der Waals surface area contributed by atoms with Crippen LogP contribution in [0.5, 0.6) is 0 Å². The summed E-state index contributed by atoms with van der Waals surface area (Å²) >= 11 is 0. The van der Waals surface area contributed by atoms with Gasteiger partial charge in [-0.3, -0.25) is 0 Å². The van der Waals surface area contributed by atoms with Crippen molar-refractivity contribution in [2.24, 2.45) is 0 Å². The van der Waals surface area contributed by atoms with Crippen molar-refractivity contribution in [2.75, 3.05) is 13.2 Å². The van der Waals surface area contributed by atoms with Crippen LogP contribution in [-0.4, -0.2) is 25.2 Å². The van der Waals surface area contributed by atoms with Crippen molar-refractivity contribution in [2.45, 2.75) is 46.0 Å². The van der Waals surface area contributed by atoms with E-state index in [0.29, 0.717) is 25.2 Å². The van der Waals surface area contributed by atoms with Crippen LogP contribution in [0.4, 0.5) is 0 Å². The summed E-state index contributed by atoms with van der Waals surface area (Å²) in [6.45, 7) is 4.80. The van der Waals surface area contributed by atoms with Gasteiger partial charge in [0.25, 0.3) is 0 Å². The van der Waals surface area contributed by atoms with Crippen LogP contribution in [0.25, 0.3) is 0 Å². The van der Waals surface area contributed by atoms with Crippen molar-refractivity contribution in [3.63, 3.8) is 0 Å². The summed E-state index contributed by atoms with van der Waals surface area (Å²) in [6.07, 6.45) is 11.1.